The Hall–Kier alpha value is -4.64. The number of hydrogen-bond donors (Lipinski definition) is 5. The molecule has 0 spiro atoms. The monoisotopic (exact) mass is 913 g/mol. The summed E-state index contributed by atoms with van der Waals surface area (Å²) in [6.07, 6.45) is 8.53. The molecular formula is C49H62F3NO12. The van der Waals surface area contributed by atoms with Crippen LogP contribution in [-0.4, -0.2) is 99.6 Å². The SMILES string of the molecule is CC(=O)N[C@@H](COC(=O)CCC/C=C\C[C@@H]1[C@@H](/C=C/[C@@H](O)COc2cccc(C(F)(F)F)c2)[C@H](O)C[C@@H]1O)C(=O)OCC(=O)[C@@]1(O)CC[C@H]2[C@@H]3CCC4=CC(=O)CC[C@]4(C)C3=CC[C@@]21C. The van der Waals surface area contributed by atoms with E-state index in [0.29, 0.717) is 38.5 Å². The Bertz CT molecular complexity index is 2080. The first-order chi connectivity index (χ1) is 30.7. The Kier molecular flexibility index (Phi) is 15.7. The predicted octanol–water partition coefficient (Wildman–Crippen LogP) is 5.82. The molecular weight excluding hydrogens is 852 g/mol. The van der Waals surface area contributed by atoms with Gasteiger partial charge in [0.15, 0.2) is 18.4 Å². The number of ketones is 2. The van der Waals surface area contributed by atoms with Crippen molar-refractivity contribution in [2.24, 2.45) is 34.5 Å². The lowest BCUT2D eigenvalue weighted by atomic mass is 9.50. The van der Waals surface area contributed by atoms with Crippen molar-refractivity contribution < 1.29 is 71.8 Å². The quantitative estimate of drug-likeness (QED) is 0.0672. The molecule has 0 radical (unpaired) electrons. The van der Waals surface area contributed by atoms with E-state index in [-0.39, 0.29) is 54.7 Å². The first kappa shape index (κ1) is 49.8. The van der Waals surface area contributed by atoms with Crippen molar-refractivity contribution in [3.8, 4) is 5.75 Å². The molecule has 5 aliphatic carbocycles. The number of carbonyl (C=O) groups is 5. The maximum atomic E-state index is 13.8. The van der Waals surface area contributed by atoms with Crippen LogP contribution in [0.1, 0.15) is 103 Å². The van der Waals surface area contributed by atoms with Crippen molar-refractivity contribution in [1.82, 2.24) is 5.32 Å². The highest BCUT2D eigenvalue weighted by Crippen LogP contribution is 2.65. The van der Waals surface area contributed by atoms with E-state index in [1.165, 1.54) is 36.3 Å². The summed E-state index contributed by atoms with van der Waals surface area (Å²) < 4.78 is 55.0. The summed E-state index contributed by atoms with van der Waals surface area (Å²) in [6.45, 7) is 3.72. The van der Waals surface area contributed by atoms with Gasteiger partial charge < -0.3 is 40.0 Å². The molecule has 3 saturated carbocycles. The van der Waals surface area contributed by atoms with E-state index in [2.05, 4.69) is 18.3 Å². The van der Waals surface area contributed by atoms with E-state index < -0.39 is 95.8 Å². The second-order valence-corrected chi connectivity index (χ2v) is 18.9. The van der Waals surface area contributed by atoms with Gasteiger partial charge in [0, 0.05) is 42.9 Å². The smallest absolute Gasteiger partial charge is 0.416 e. The van der Waals surface area contributed by atoms with Gasteiger partial charge in [-0.2, -0.15) is 13.2 Å². The van der Waals surface area contributed by atoms with Crippen LogP contribution in [0.3, 0.4) is 0 Å². The molecule has 5 aliphatic rings. The van der Waals surface area contributed by atoms with Gasteiger partial charge in [-0.05, 0) is 99.8 Å². The highest BCUT2D eigenvalue weighted by Gasteiger charge is 2.64. The molecule has 13 nitrogen and oxygen atoms in total. The number of hydrogen-bond acceptors (Lipinski definition) is 12. The molecule has 0 bridgehead atoms. The summed E-state index contributed by atoms with van der Waals surface area (Å²) in [5.41, 5.74) is -1.16. The zero-order valence-electron chi connectivity index (χ0n) is 37.2. The number of alkyl halides is 3. The van der Waals surface area contributed by atoms with Crippen LogP contribution in [0.5, 0.6) is 5.75 Å². The second kappa shape index (κ2) is 20.5. The number of Topliss-reactive ketones (excluding diaryl/α,β-unsaturated/α-hetero) is 1. The lowest BCUT2D eigenvalue weighted by Crippen LogP contribution is -2.56. The highest BCUT2D eigenvalue weighted by atomic mass is 19.4. The second-order valence-electron chi connectivity index (χ2n) is 18.9. The van der Waals surface area contributed by atoms with Crippen molar-refractivity contribution >= 4 is 29.4 Å². The molecule has 1 amide bonds. The number of allylic oxidation sites excluding steroid dienone is 6. The average molecular weight is 914 g/mol. The molecule has 3 fully saturated rings. The summed E-state index contributed by atoms with van der Waals surface area (Å²) in [5.74, 6) is -3.47. The largest absolute Gasteiger partial charge is 0.491 e. The van der Waals surface area contributed by atoms with Gasteiger partial charge in [-0.15, -0.1) is 0 Å². The first-order valence-electron chi connectivity index (χ1n) is 22.6. The van der Waals surface area contributed by atoms with Crippen LogP contribution in [0.4, 0.5) is 13.2 Å². The number of rotatable bonds is 18. The zero-order chi connectivity index (χ0) is 47.3. The Labute approximate surface area is 377 Å². The van der Waals surface area contributed by atoms with Gasteiger partial charge >= 0.3 is 18.1 Å². The van der Waals surface area contributed by atoms with Crippen LogP contribution < -0.4 is 10.1 Å². The van der Waals surface area contributed by atoms with Crippen molar-refractivity contribution in [3.05, 3.63) is 77.4 Å². The lowest BCUT2D eigenvalue weighted by Gasteiger charge is -2.54. The van der Waals surface area contributed by atoms with Crippen LogP contribution >= 0.6 is 0 Å². The number of unbranched alkanes of at least 4 members (excludes halogenated alkanes) is 1. The van der Waals surface area contributed by atoms with E-state index in [1.54, 1.807) is 12.2 Å². The normalized spacial score (nSPS) is 31.9. The average Bonchev–Trinajstić information content (AvgIpc) is 3.69. The van der Waals surface area contributed by atoms with Crippen molar-refractivity contribution in [1.29, 1.82) is 0 Å². The number of amides is 1. The number of aliphatic hydroxyl groups excluding tert-OH is 3. The number of nitrogens with one attached hydrogen (secondary N) is 1. The predicted molar refractivity (Wildman–Crippen MR) is 229 cm³/mol. The summed E-state index contributed by atoms with van der Waals surface area (Å²) in [5, 5.41) is 46.0. The lowest BCUT2D eigenvalue weighted by molar-refractivity contribution is -0.166. The number of aliphatic hydroxyl groups is 4. The molecule has 6 rings (SSSR count). The third kappa shape index (κ3) is 11.1. The van der Waals surface area contributed by atoms with Gasteiger partial charge in [-0.25, -0.2) is 4.79 Å². The molecule has 11 atom stereocenters. The van der Waals surface area contributed by atoms with Crippen LogP contribution in [-0.2, 0) is 39.6 Å². The third-order valence-corrected chi connectivity index (χ3v) is 14.7. The highest BCUT2D eigenvalue weighted by molar-refractivity contribution is 5.93. The molecule has 0 aliphatic heterocycles. The molecule has 0 saturated heterocycles. The fourth-order valence-electron chi connectivity index (χ4n) is 11.0. The Morgan fingerprint density at radius 2 is 1.78 bits per heavy atom. The van der Waals surface area contributed by atoms with Gasteiger partial charge in [0.25, 0.3) is 0 Å². The number of carbonyl (C=O) groups excluding carboxylic acids is 5. The topological polar surface area (TPSA) is 206 Å². The van der Waals surface area contributed by atoms with E-state index in [9.17, 15) is 57.6 Å². The Morgan fingerprint density at radius 3 is 2.52 bits per heavy atom. The molecule has 65 heavy (non-hydrogen) atoms. The van der Waals surface area contributed by atoms with Crippen molar-refractivity contribution in [2.45, 2.75) is 134 Å². The fourth-order valence-corrected chi connectivity index (χ4v) is 11.0. The number of fused-ring (bicyclic) bond motifs is 5. The number of halogens is 3. The number of benzene rings is 1. The Morgan fingerprint density at radius 1 is 1.02 bits per heavy atom. The fraction of sp³-hybridized carbons (Fsp3) is 0.612. The molecule has 0 unspecified atom stereocenters. The van der Waals surface area contributed by atoms with Crippen LogP contribution in [0.2, 0.25) is 0 Å². The third-order valence-electron chi connectivity index (χ3n) is 14.7. The van der Waals surface area contributed by atoms with Gasteiger partial charge in [0.1, 0.15) is 30.7 Å². The summed E-state index contributed by atoms with van der Waals surface area (Å²) in [7, 11) is 0. The minimum absolute atomic E-state index is 0.0277. The molecule has 0 heterocycles. The van der Waals surface area contributed by atoms with Crippen molar-refractivity contribution in [2.75, 3.05) is 19.8 Å². The molecule has 1 aromatic rings. The number of ether oxygens (including phenoxy) is 3. The summed E-state index contributed by atoms with van der Waals surface area (Å²) >= 11 is 0. The van der Waals surface area contributed by atoms with Gasteiger partial charge in [0.05, 0.1) is 17.8 Å². The Balaban J connectivity index is 0.926. The van der Waals surface area contributed by atoms with E-state index in [4.69, 9.17) is 14.2 Å². The molecule has 356 valence electrons. The van der Waals surface area contributed by atoms with Gasteiger partial charge in [-0.1, -0.05) is 61.4 Å². The maximum Gasteiger partial charge on any atom is 0.416 e. The standard InChI is InChI=1S/C49H62F3NO12/c1-29(54)53-40(45(61)65-28-43(59)48(62)22-19-39-37-15-13-30-23-32(55)17-20-46(30,2)38(37)18-21-47(39,48)3)27-64-44(60)12-7-5-4-6-11-35-36(42(58)25-41(35)57)16-14-33(56)26-63-34-10-8-9-31(24-34)49(50,51)52/h4,6,8-10,14,16,18,23-24,33,35-37,39-42,56-58,62H,5,7,11-13,15,17,19-22,25-28H2,1-3H3,(H,53,54)/b6-4-,16-14+/t33-,35-,36-,37-,39+,40+,41+,42-,46+,47+,48+/m1/s1. The molecule has 5 N–H and O–H groups in total. The first-order valence-corrected chi connectivity index (χ1v) is 22.6. The number of esters is 2. The molecule has 16 heteroatoms. The van der Waals surface area contributed by atoms with Crippen LogP contribution in [0.25, 0.3) is 0 Å². The summed E-state index contributed by atoms with van der Waals surface area (Å²) in [6, 6.07) is 2.90. The maximum absolute atomic E-state index is 13.8. The van der Waals surface area contributed by atoms with Gasteiger partial charge in [0.2, 0.25) is 11.7 Å². The molecule has 1 aromatic carbocycles. The minimum Gasteiger partial charge on any atom is -0.491 e. The van der Waals surface area contributed by atoms with E-state index in [1.807, 2.05) is 19.1 Å². The zero-order valence-corrected chi connectivity index (χ0v) is 37.2. The summed E-state index contributed by atoms with van der Waals surface area (Å²) in [4.78, 5) is 63.7. The van der Waals surface area contributed by atoms with E-state index in [0.717, 1.165) is 31.4 Å². The van der Waals surface area contributed by atoms with Gasteiger partial charge in [-0.3, -0.25) is 19.2 Å². The molecule has 0 aromatic heterocycles. The van der Waals surface area contributed by atoms with Crippen molar-refractivity contribution in [3.63, 3.8) is 0 Å². The van der Waals surface area contributed by atoms with Crippen LogP contribution in [0.15, 0.2) is 71.9 Å². The van der Waals surface area contributed by atoms with E-state index >= 15 is 0 Å². The van der Waals surface area contributed by atoms with Crippen LogP contribution in [0, 0.1) is 34.5 Å². The minimum atomic E-state index is -4.54.